The molecule has 0 radical (unpaired) electrons. The average Bonchev–Trinajstić information content (AvgIpc) is 3.25. The highest BCUT2D eigenvalue weighted by atomic mass is 31.2. The summed E-state index contributed by atoms with van der Waals surface area (Å²) in [7, 11) is 1.52. The van der Waals surface area contributed by atoms with Gasteiger partial charge in [-0.2, -0.15) is 0 Å². The molecule has 8 nitrogen and oxygen atoms in total. The predicted molar refractivity (Wildman–Crippen MR) is 276 cm³/mol. The number of hydrogen-bond acceptors (Lipinski definition) is 5. The molecule has 0 aromatic rings. The minimum Gasteiger partial charge on any atom is -0.387 e. The molecule has 0 saturated carbocycles. The first-order chi connectivity index (χ1) is 31.0. The minimum absolute atomic E-state index is 0.0469. The lowest BCUT2D eigenvalue weighted by atomic mass is 10.0. The van der Waals surface area contributed by atoms with Crippen molar-refractivity contribution < 1.29 is 32.9 Å². The van der Waals surface area contributed by atoms with E-state index in [0.29, 0.717) is 17.4 Å². The molecule has 0 fully saturated rings. The molecule has 0 aromatic carbocycles. The maximum Gasteiger partial charge on any atom is 0.472 e. The smallest absolute Gasteiger partial charge is 0.387 e. The Morgan fingerprint density at radius 1 is 0.547 bits per heavy atom. The fraction of sp³-hybridized carbons (Fsp3) is 0.655. The summed E-state index contributed by atoms with van der Waals surface area (Å²) >= 11 is 0. The van der Waals surface area contributed by atoms with Crippen molar-refractivity contribution in [3.8, 4) is 0 Å². The third-order valence-electron chi connectivity index (χ3n) is 10.5. The Kier molecular flexibility index (Phi) is 43.3. The van der Waals surface area contributed by atoms with Gasteiger partial charge in [0.2, 0.25) is 5.91 Å². The number of phosphoric ester groups is 1. The molecule has 3 N–H and O–H groups in total. The fourth-order valence-electron chi connectivity index (χ4n) is 6.49. The van der Waals surface area contributed by atoms with Gasteiger partial charge in [0.1, 0.15) is 13.2 Å². The first kappa shape index (κ1) is 61.2. The number of hydrogen-bond donors (Lipinski definition) is 3. The number of rotatable bonds is 44. The van der Waals surface area contributed by atoms with Crippen LogP contribution < -0.4 is 5.32 Å². The number of quaternary nitrogens is 1. The third kappa shape index (κ3) is 47.1. The molecule has 0 aromatic heterocycles. The van der Waals surface area contributed by atoms with Crippen molar-refractivity contribution in [1.82, 2.24) is 5.32 Å². The quantitative estimate of drug-likeness (QED) is 0.0243. The Morgan fingerprint density at radius 3 is 1.44 bits per heavy atom. The highest BCUT2D eigenvalue weighted by Gasteiger charge is 2.27. The Bertz CT molecular complexity index is 1400. The topological polar surface area (TPSA) is 105 Å². The second-order valence-corrected chi connectivity index (χ2v) is 19.2. The number of nitrogens with zero attached hydrogens (tertiary/aromatic N) is 1. The average molecular weight is 912 g/mol. The first-order valence-corrected chi connectivity index (χ1v) is 26.8. The summed E-state index contributed by atoms with van der Waals surface area (Å²) in [5.41, 5.74) is 0. The van der Waals surface area contributed by atoms with Gasteiger partial charge in [-0.15, -0.1) is 0 Å². The zero-order valence-corrected chi connectivity index (χ0v) is 42.4. The van der Waals surface area contributed by atoms with Crippen LogP contribution in [0.4, 0.5) is 0 Å². The number of nitrogens with one attached hydrogen (secondary N) is 1. The Balaban J connectivity index is 4.27. The Hall–Kier alpha value is -2.84. The molecule has 366 valence electrons. The molecular weight excluding hydrogens is 816 g/mol. The highest BCUT2D eigenvalue weighted by molar-refractivity contribution is 7.47. The van der Waals surface area contributed by atoms with E-state index in [4.69, 9.17) is 9.05 Å². The predicted octanol–water partition coefficient (Wildman–Crippen LogP) is 14.9. The zero-order chi connectivity index (χ0) is 47.1. The summed E-state index contributed by atoms with van der Waals surface area (Å²) in [6, 6.07) is -0.878. The summed E-state index contributed by atoms with van der Waals surface area (Å²) in [5, 5.41) is 13.8. The molecule has 0 spiro atoms. The normalized spacial score (nSPS) is 15.0. The van der Waals surface area contributed by atoms with Crippen LogP contribution in [-0.2, 0) is 18.4 Å². The van der Waals surface area contributed by atoms with E-state index in [-0.39, 0.29) is 19.1 Å². The van der Waals surface area contributed by atoms with Crippen LogP contribution in [0.25, 0.3) is 0 Å². The van der Waals surface area contributed by atoms with Gasteiger partial charge in [-0.1, -0.05) is 187 Å². The molecule has 3 unspecified atom stereocenters. The minimum atomic E-state index is -4.36. The number of likely N-dealkylation sites (N-methyl/N-ethyl adjacent to an activating group) is 1. The maximum absolute atomic E-state index is 12.9. The first-order valence-electron chi connectivity index (χ1n) is 25.3. The highest BCUT2D eigenvalue weighted by Crippen LogP contribution is 2.43. The van der Waals surface area contributed by atoms with Gasteiger partial charge in [0.15, 0.2) is 0 Å². The van der Waals surface area contributed by atoms with E-state index in [1.165, 1.54) is 64.2 Å². The van der Waals surface area contributed by atoms with Gasteiger partial charge in [-0.05, 0) is 96.3 Å². The van der Waals surface area contributed by atoms with Crippen LogP contribution in [0.2, 0.25) is 0 Å². The molecule has 0 saturated heterocycles. The van der Waals surface area contributed by atoms with Crippen LogP contribution in [0.1, 0.15) is 181 Å². The van der Waals surface area contributed by atoms with Crippen molar-refractivity contribution in [3.05, 3.63) is 109 Å². The number of allylic oxidation sites excluding steroid dienone is 17. The monoisotopic (exact) mass is 912 g/mol. The number of phosphoric acid groups is 1. The van der Waals surface area contributed by atoms with Gasteiger partial charge in [0.05, 0.1) is 39.9 Å². The molecular formula is C55H96N2O6P+. The van der Waals surface area contributed by atoms with E-state index in [1.807, 2.05) is 27.2 Å². The van der Waals surface area contributed by atoms with Crippen molar-refractivity contribution >= 4 is 13.7 Å². The van der Waals surface area contributed by atoms with Crippen LogP contribution in [-0.4, -0.2) is 73.4 Å². The Labute approximate surface area is 393 Å². The van der Waals surface area contributed by atoms with E-state index in [1.54, 1.807) is 6.08 Å². The molecule has 64 heavy (non-hydrogen) atoms. The maximum atomic E-state index is 12.9. The molecule has 0 rings (SSSR count). The standard InChI is InChI=1S/C55H95N2O6P/c1-6-8-10-12-14-16-18-20-21-22-23-24-25-26-27-28-29-30-31-32-33-34-35-37-39-41-43-45-47-49-55(59)56-53(52-63-64(60,61)62-51-50-57(3,4)5)54(58)48-46-44-42-40-38-36-19-17-15-13-11-9-7-2/h8,10,14-17,20-21,23-24,26-27,29-30,38,40,46,48,53-54,58H,6-7,9,11-13,18-19,22,25,28,31-37,39,41-45,47,49-52H2,1-5H3,(H-,56,59,60,61)/p+1/b10-8-,16-14-,17-15+,21-20-,24-23-,27-26-,30-29-,40-38+,48-46+. The second-order valence-electron chi connectivity index (χ2n) is 17.8. The van der Waals surface area contributed by atoms with Crippen LogP contribution >= 0.6 is 7.82 Å². The number of carbonyl (C=O) groups excluding carboxylic acids is 1. The largest absolute Gasteiger partial charge is 0.472 e. The summed E-state index contributed by atoms with van der Waals surface area (Å²) in [4.78, 5) is 23.2. The van der Waals surface area contributed by atoms with Gasteiger partial charge in [0.25, 0.3) is 0 Å². The summed E-state index contributed by atoms with van der Waals surface area (Å²) in [5.74, 6) is -0.203. The van der Waals surface area contributed by atoms with E-state index in [0.717, 1.165) is 96.3 Å². The summed E-state index contributed by atoms with van der Waals surface area (Å²) in [6.45, 7) is 4.61. The van der Waals surface area contributed by atoms with Crippen LogP contribution in [0, 0.1) is 0 Å². The number of aliphatic hydroxyl groups excluding tert-OH is 1. The molecule has 0 bridgehead atoms. The number of amides is 1. The number of carbonyl (C=O) groups is 1. The van der Waals surface area contributed by atoms with Crippen molar-refractivity contribution in [2.75, 3.05) is 40.9 Å². The van der Waals surface area contributed by atoms with Crippen LogP contribution in [0.3, 0.4) is 0 Å². The van der Waals surface area contributed by atoms with Crippen molar-refractivity contribution in [1.29, 1.82) is 0 Å². The molecule has 1 amide bonds. The number of unbranched alkanes of at least 4 members (excludes halogenated alkanes) is 15. The summed E-state index contributed by atoms with van der Waals surface area (Å²) < 4.78 is 23.6. The van der Waals surface area contributed by atoms with E-state index in [9.17, 15) is 19.4 Å². The van der Waals surface area contributed by atoms with Crippen molar-refractivity contribution in [2.24, 2.45) is 0 Å². The Morgan fingerprint density at radius 2 is 0.953 bits per heavy atom. The third-order valence-corrected chi connectivity index (χ3v) is 11.4. The molecule has 3 atom stereocenters. The van der Waals surface area contributed by atoms with Crippen molar-refractivity contribution in [3.63, 3.8) is 0 Å². The van der Waals surface area contributed by atoms with Gasteiger partial charge in [-0.3, -0.25) is 13.8 Å². The van der Waals surface area contributed by atoms with Gasteiger partial charge in [0, 0.05) is 6.42 Å². The molecule has 0 aliphatic rings. The number of aliphatic hydroxyl groups is 1. The SMILES string of the molecule is CC/C=C\C/C=C\C/C=C\C/C=C\C/C=C\C/C=C\CCCCCCCCCCCCC(=O)NC(COP(=O)(O)OCC[N+](C)(C)C)C(O)/C=C/CC/C=C/CC/C=C/CCCCC. The molecule has 0 heterocycles. The van der Waals surface area contributed by atoms with Crippen molar-refractivity contribution in [2.45, 2.75) is 193 Å². The van der Waals surface area contributed by atoms with E-state index in [2.05, 4.69) is 116 Å². The van der Waals surface area contributed by atoms with Crippen LogP contribution in [0.5, 0.6) is 0 Å². The lowest BCUT2D eigenvalue weighted by molar-refractivity contribution is -0.870. The lowest BCUT2D eigenvalue weighted by Crippen LogP contribution is -2.45. The molecule has 9 heteroatoms. The van der Waals surface area contributed by atoms with E-state index >= 15 is 0 Å². The van der Waals surface area contributed by atoms with Crippen LogP contribution in [0.15, 0.2) is 109 Å². The van der Waals surface area contributed by atoms with Gasteiger partial charge in [-0.25, -0.2) is 4.57 Å². The second kappa shape index (κ2) is 45.3. The van der Waals surface area contributed by atoms with Gasteiger partial charge >= 0.3 is 7.82 Å². The zero-order valence-electron chi connectivity index (χ0n) is 41.5. The van der Waals surface area contributed by atoms with Gasteiger partial charge < -0.3 is 19.8 Å². The van der Waals surface area contributed by atoms with E-state index < -0.39 is 20.0 Å². The summed E-state index contributed by atoms with van der Waals surface area (Å²) in [6.07, 6.45) is 66.0. The molecule has 0 aliphatic heterocycles. The molecule has 0 aliphatic carbocycles. The lowest BCUT2D eigenvalue weighted by Gasteiger charge is -2.25. The fourth-order valence-corrected chi connectivity index (χ4v) is 7.22.